The zero-order chi connectivity index (χ0) is 13.9. The molecule has 3 rings (SSSR count). The van der Waals surface area contributed by atoms with Crippen LogP contribution < -0.4 is 5.32 Å². The van der Waals surface area contributed by atoms with E-state index in [4.69, 9.17) is 0 Å². The number of amides is 1. The summed E-state index contributed by atoms with van der Waals surface area (Å²) in [6.45, 7) is 2.27. The van der Waals surface area contributed by atoms with Gasteiger partial charge in [0, 0.05) is 6.04 Å². The Morgan fingerprint density at radius 1 is 1.15 bits per heavy atom. The summed E-state index contributed by atoms with van der Waals surface area (Å²) in [6, 6.07) is 7.88. The summed E-state index contributed by atoms with van der Waals surface area (Å²) in [4.78, 5) is 20.9. The molecule has 1 aromatic heterocycles. The number of carbonyl (C=O) groups excluding carboxylic acids is 1. The maximum atomic E-state index is 12.2. The average molecular weight is 269 g/mol. The molecule has 1 N–H and O–H groups in total. The molecule has 0 radical (unpaired) electrons. The molecule has 0 atom stereocenters. The van der Waals surface area contributed by atoms with Crippen LogP contribution in [0.2, 0.25) is 0 Å². The van der Waals surface area contributed by atoms with Crippen LogP contribution in [0, 0.1) is 5.92 Å². The molecule has 0 unspecified atom stereocenters. The van der Waals surface area contributed by atoms with Gasteiger partial charge >= 0.3 is 0 Å². The summed E-state index contributed by atoms with van der Waals surface area (Å²) >= 11 is 0. The van der Waals surface area contributed by atoms with E-state index in [1.807, 2.05) is 24.3 Å². The van der Waals surface area contributed by atoms with E-state index in [9.17, 15) is 4.79 Å². The Kier molecular flexibility index (Phi) is 3.63. The molecule has 1 aliphatic carbocycles. The highest BCUT2D eigenvalue weighted by Gasteiger charge is 2.20. The lowest BCUT2D eigenvalue weighted by Crippen LogP contribution is -2.37. The van der Waals surface area contributed by atoms with Crippen molar-refractivity contribution < 1.29 is 4.79 Å². The van der Waals surface area contributed by atoms with E-state index in [1.54, 1.807) is 6.20 Å². The summed E-state index contributed by atoms with van der Waals surface area (Å²) in [7, 11) is 0. The van der Waals surface area contributed by atoms with Crippen molar-refractivity contribution in [2.75, 3.05) is 0 Å². The minimum absolute atomic E-state index is 0.109. The van der Waals surface area contributed by atoms with Crippen LogP contribution in [0.1, 0.15) is 43.1 Å². The van der Waals surface area contributed by atoms with Gasteiger partial charge in [-0.2, -0.15) is 0 Å². The number of hydrogen-bond acceptors (Lipinski definition) is 3. The summed E-state index contributed by atoms with van der Waals surface area (Å²) < 4.78 is 0. The van der Waals surface area contributed by atoms with Crippen LogP contribution in [0.15, 0.2) is 30.5 Å². The van der Waals surface area contributed by atoms with Crippen LogP contribution in [-0.2, 0) is 0 Å². The van der Waals surface area contributed by atoms with Gasteiger partial charge in [0.2, 0.25) is 0 Å². The molecule has 20 heavy (non-hydrogen) atoms. The van der Waals surface area contributed by atoms with Gasteiger partial charge < -0.3 is 5.32 Å². The molecule has 1 saturated carbocycles. The summed E-state index contributed by atoms with van der Waals surface area (Å²) in [5, 5.41) is 3.08. The molecule has 1 fully saturated rings. The molecule has 4 heteroatoms. The maximum Gasteiger partial charge on any atom is 0.271 e. The van der Waals surface area contributed by atoms with Crippen LogP contribution in [0.4, 0.5) is 0 Å². The molecule has 0 aliphatic heterocycles. The highest BCUT2D eigenvalue weighted by molar-refractivity contribution is 5.93. The molecule has 104 valence electrons. The Morgan fingerprint density at radius 3 is 2.60 bits per heavy atom. The third-order valence-electron chi connectivity index (χ3n) is 4.03. The Morgan fingerprint density at radius 2 is 1.85 bits per heavy atom. The normalized spacial score (nSPS) is 22.6. The van der Waals surface area contributed by atoms with Crippen molar-refractivity contribution >= 4 is 16.9 Å². The fourth-order valence-corrected chi connectivity index (χ4v) is 2.73. The van der Waals surface area contributed by atoms with E-state index in [0.29, 0.717) is 5.69 Å². The Balaban J connectivity index is 1.72. The first-order valence-electron chi connectivity index (χ1n) is 7.25. The number of para-hydroxylation sites is 2. The monoisotopic (exact) mass is 269 g/mol. The number of benzene rings is 1. The third kappa shape index (κ3) is 2.79. The van der Waals surface area contributed by atoms with E-state index < -0.39 is 0 Å². The molecule has 1 aromatic carbocycles. The molecule has 4 nitrogen and oxygen atoms in total. The number of rotatable bonds is 2. The van der Waals surface area contributed by atoms with E-state index in [1.165, 1.54) is 12.8 Å². The topological polar surface area (TPSA) is 54.9 Å². The standard InChI is InChI=1S/C16H19N3O/c1-11-6-8-12(9-7-11)18-16(20)15-10-17-13-4-2-3-5-14(13)19-15/h2-5,10-12H,6-9H2,1H3,(H,18,20). The lowest BCUT2D eigenvalue weighted by atomic mass is 9.87. The molecular weight excluding hydrogens is 250 g/mol. The van der Waals surface area contributed by atoms with Gasteiger partial charge in [0.25, 0.3) is 5.91 Å². The van der Waals surface area contributed by atoms with Gasteiger partial charge in [-0.05, 0) is 43.7 Å². The maximum absolute atomic E-state index is 12.2. The van der Waals surface area contributed by atoms with Crippen molar-refractivity contribution in [1.82, 2.24) is 15.3 Å². The van der Waals surface area contributed by atoms with Crippen LogP contribution in [0.25, 0.3) is 11.0 Å². The number of fused-ring (bicyclic) bond motifs is 1. The summed E-state index contributed by atoms with van der Waals surface area (Å²) in [5.74, 6) is 0.673. The fraction of sp³-hybridized carbons (Fsp3) is 0.438. The average Bonchev–Trinajstić information content (AvgIpc) is 2.49. The van der Waals surface area contributed by atoms with Gasteiger partial charge in [-0.1, -0.05) is 19.1 Å². The number of nitrogens with one attached hydrogen (secondary N) is 1. The number of aromatic nitrogens is 2. The van der Waals surface area contributed by atoms with Crippen molar-refractivity contribution in [2.24, 2.45) is 5.92 Å². The quantitative estimate of drug-likeness (QED) is 0.912. The molecule has 1 aliphatic rings. The lowest BCUT2D eigenvalue weighted by molar-refractivity contribution is 0.0918. The molecule has 0 spiro atoms. The predicted octanol–water partition coefficient (Wildman–Crippen LogP) is 2.94. The second kappa shape index (κ2) is 5.57. The van der Waals surface area contributed by atoms with Crippen LogP contribution in [-0.4, -0.2) is 21.9 Å². The van der Waals surface area contributed by atoms with Crippen molar-refractivity contribution in [3.63, 3.8) is 0 Å². The van der Waals surface area contributed by atoms with Gasteiger partial charge in [-0.3, -0.25) is 9.78 Å². The van der Waals surface area contributed by atoms with Crippen molar-refractivity contribution in [2.45, 2.75) is 38.6 Å². The molecule has 1 heterocycles. The molecule has 1 amide bonds. The van der Waals surface area contributed by atoms with E-state index in [2.05, 4.69) is 22.2 Å². The number of hydrogen-bond donors (Lipinski definition) is 1. The van der Waals surface area contributed by atoms with Crippen molar-refractivity contribution in [1.29, 1.82) is 0 Å². The van der Waals surface area contributed by atoms with Crippen LogP contribution in [0.3, 0.4) is 0 Å². The first kappa shape index (κ1) is 13.0. The summed E-state index contributed by atoms with van der Waals surface area (Å²) in [5.41, 5.74) is 1.98. The molecular formula is C16H19N3O. The van der Waals surface area contributed by atoms with Gasteiger partial charge in [0.05, 0.1) is 17.2 Å². The van der Waals surface area contributed by atoms with Gasteiger partial charge in [0.1, 0.15) is 5.69 Å². The minimum Gasteiger partial charge on any atom is -0.348 e. The zero-order valence-corrected chi connectivity index (χ0v) is 11.7. The minimum atomic E-state index is -0.109. The summed E-state index contributed by atoms with van der Waals surface area (Å²) in [6.07, 6.45) is 6.06. The predicted molar refractivity (Wildman–Crippen MR) is 78.4 cm³/mol. The second-order valence-corrected chi connectivity index (χ2v) is 5.67. The van der Waals surface area contributed by atoms with Crippen molar-refractivity contribution in [3.8, 4) is 0 Å². The molecule has 0 saturated heterocycles. The smallest absolute Gasteiger partial charge is 0.271 e. The highest BCUT2D eigenvalue weighted by atomic mass is 16.1. The molecule has 2 aromatic rings. The van der Waals surface area contributed by atoms with E-state index in [0.717, 1.165) is 29.8 Å². The van der Waals surface area contributed by atoms with E-state index >= 15 is 0 Å². The zero-order valence-electron chi connectivity index (χ0n) is 11.7. The van der Waals surface area contributed by atoms with Gasteiger partial charge in [-0.15, -0.1) is 0 Å². The van der Waals surface area contributed by atoms with E-state index in [-0.39, 0.29) is 11.9 Å². The Hall–Kier alpha value is -1.97. The number of nitrogens with zero attached hydrogens (tertiary/aromatic N) is 2. The highest BCUT2D eigenvalue weighted by Crippen LogP contribution is 2.23. The van der Waals surface area contributed by atoms with Gasteiger partial charge in [-0.25, -0.2) is 4.98 Å². The third-order valence-corrected chi connectivity index (χ3v) is 4.03. The van der Waals surface area contributed by atoms with Gasteiger partial charge in [0.15, 0.2) is 0 Å². The Labute approximate surface area is 118 Å². The van der Waals surface area contributed by atoms with Crippen LogP contribution >= 0.6 is 0 Å². The number of carbonyl (C=O) groups is 1. The molecule has 0 bridgehead atoms. The first-order valence-corrected chi connectivity index (χ1v) is 7.25. The van der Waals surface area contributed by atoms with Crippen molar-refractivity contribution in [3.05, 3.63) is 36.2 Å². The fourth-order valence-electron chi connectivity index (χ4n) is 2.73. The lowest BCUT2D eigenvalue weighted by Gasteiger charge is -2.26. The van der Waals surface area contributed by atoms with Crippen LogP contribution in [0.5, 0.6) is 0 Å². The SMILES string of the molecule is CC1CCC(NC(=O)c2cnc3ccccc3n2)CC1. The Bertz CT molecular complexity index is 618. The first-order chi connectivity index (χ1) is 9.72. The largest absolute Gasteiger partial charge is 0.348 e. The second-order valence-electron chi connectivity index (χ2n) is 5.67.